The predicted molar refractivity (Wildman–Crippen MR) is 80.6 cm³/mol. The van der Waals surface area contributed by atoms with Gasteiger partial charge in [-0.05, 0) is 24.5 Å². The molecule has 3 nitrogen and oxygen atoms in total. The average Bonchev–Trinajstić information content (AvgIpc) is 2.86. The van der Waals surface area contributed by atoms with Crippen molar-refractivity contribution in [2.24, 2.45) is 11.8 Å². The highest BCUT2D eigenvalue weighted by molar-refractivity contribution is 7.18. The first-order valence-corrected chi connectivity index (χ1v) is 8.27. The number of carbonyl (C=O) groups excluding carboxylic acids is 1. The minimum atomic E-state index is -0.855. The molecule has 1 atom stereocenters. The normalized spacial score (nSPS) is 17.9. The third-order valence-electron chi connectivity index (χ3n) is 3.97. The molecule has 0 bridgehead atoms. The van der Waals surface area contributed by atoms with Crippen LogP contribution in [0.5, 0.6) is 0 Å². The van der Waals surface area contributed by atoms with Gasteiger partial charge in [0.1, 0.15) is 0 Å². The number of halogens is 1. The van der Waals surface area contributed by atoms with E-state index in [-0.39, 0.29) is 12.2 Å². The summed E-state index contributed by atoms with van der Waals surface area (Å²) >= 11 is 7.03. The maximum Gasteiger partial charge on any atom is 0.306 e. The zero-order chi connectivity index (χ0) is 14.5. The Hall–Kier alpha value is -0.870. The van der Waals surface area contributed by atoms with Gasteiger partial charge in [0.05, 0.1) is 15.1 Å². The van der Waals surface area contributed by atoms with Gasteiger partial charge in [0.25, 0.3) is 0 Å². The molecular weight excluding hydrogens is 296 g/mol. The molecule has 0 aliphatic heterocycles. The third kappa shape index (κ3) is 4.32. The Balaban J connectivity index is 1.94. The SMILES string of the molecule is O=C(CC(CC1CCCCC1)C(=O)O)c1ccc(Cl)s1. The van der Waals surface area contributed by atoms with Gasteiger partial charge in [-0.1, -0.05) is 43.7 Å². The van der Waals surface area contributed by atoms with Crippen LogP contribution in [0.3, 0.4) is 0 Å². The topological polar surface area (TPSA) is 54.4 Å². The predicted octanol–water partition coefficient (Wildman–Crippen LogP) is 4.65. The Kier molecular flexibility index (Phi) is 5.61. The second-order valence-electron chi connectivity index (χ2n) is 5.51. The van der Waals surface area contributed by atoms with Crippen molar-refractivity contribution in [3.05, 3.63) is 21.3 Å². The lowest BCUT2D eigenvalue weighted by Gasteiger charge is -2.24. The van der Waals surface area contributed by atoms with Crippen LogP contribution in [0.25, 0.3) is 0 Å². The van der Waals surface area contributed by atoms with E-state index in [1.807, 2.05) is 0 Å². The standard InChI is InChI=1S/C15H19ClO3S/c16-14-7-6-13(20-14)12(17)9-11(15(18)19)8-10-4-2-1-3-5-10/h6-7,10-11H,1-5,8-9H2,(H,18,19). The van der Waals surface area contributed by atoms with Crippen molar-refractivity contribution in [3.8, 4) is 0 Å². The minimum Gasteiger partial charge on any atom is -0.481 e. The zero-order valence-electron chi connectivity index (χ0n) is 11.3. The molecule has 2 rings (SSSR count). The molecule has 1 aliphatic carbocycles. The van der Waals surface area contributed by atoms with Gasteiger partial charge in [0.15, 0.2) is 5.78 Å². The smallest absolute Gasteiger partial charge is 0.306 e. The first kappa shape index (κ1) is 15.5. The van der Waals surface area contributed by atoms with Gasteiger partial charge >= 0.3 is 5.97 Å². The highest BCUT2D eigenvalue weighted by Gasteiger charge is 2.27. The quantitative estimate of drug-likeness (QED) is 0.778. The Morgan fingerprint density at radius 2 is 2.00 bits per heavy atom. The summed E-state index contributed by atoms with van der Waals surface area (Å²) in [6.45, 7) is 0. The van der Waals surface area contributed by atoms with Crippen molar-refractivity contribution in [2.75, 3.05) is 0 Å². The second-order valence-corrected chi connectivity index (χ2v) is 7.22. The highest BCUT2D eigenvalue weighted by Crippen LogP contribution is 2.31. The van der Waals surface area contributed by atoms with Crippen molar-refractivity contribution >= 4 is 34.7 Å². The lowest BCUT2D eigenvalue weighted by molar-refractivity contribution is -0.142. The maximum atomic E-state index is 12.1. The molecule has 1 N–H and O–H groups in total. The monoisotopic (exact) mass is 314 g/mol. The molecule has 5 heteroatoms. The Morgan fingerprint density at radius 1 is 1.30 bits per heavy atom. The summed E-state index contributed by atoms with van der Waals surface area (Å²) in [5.41, 5.74) is 0. The lowest BCUT2D eigenvalue weighted by Crippen LogP contribution is -2.22. The first-order chi connectivity index (χ1) is 9.56. The van der Waals surface area contributed by atoms with Gasteiger partial charge in [-0.2, -0.15) is 0 Å². The van der Waals surface area contributed by atoms with Gasteiger partial charge in [-0.15, -0.1) is 11.3 Å². The number of aliphatic carboxylic acids is 1. The van der Waals surface area contributed by atoms with Gasteiger partial charge in [-0.3, -0.25) is 9.59 Å². The molecule has 0 amide bonds. The van der Waals surface area contributed by atoms with E-state index in [1.54, 1.807) is 12.1 Å². The molecule has 1 aromatic heterocycles. The molecule has 0 radical (unpaired) electrons. The van der Waals surface area contributed by atoms with E-state index in [0.29, 0.717) is 21.6 Å². The van der Waals surface area contributed by atoms with Crippen molar-refractivity contribution in [2.45, 2.75) is 44.9 Å². The van der Waals surface area contributed by atoms with E-state index >= 15 is 0 Å². The number of thiophene rings is 1. The Bertz CT molecular complexity index is 477. The third-order valence-corrected chi connectivity index (χ3v) is 5.24. The van der Waals surface area contributed by atoms with Crippen molar-refractivity contribution in [1.82, 2.24) is 0 Å². The van der Waals surface area contributed by atoms with Gasteiger partial charge in [0.2, 0.25) is 0 Å². The summed E-state index contributed by atoms with van der Waals surface area (Å²) in [6, 6.07) is 3.35. The second kappa shape index (κ2) is 7.23. The molecule has 1 heterocycles. The first-order valence-electron chi connectivity index (χ1n) is 7.07. The van der Waals surface area contributed by atoms with E-state index < -0.39 is 11.9 Å². The molecule has 1 fully saturated rings. The molecule has 1 saturated carbocycles. The largest absolute Gasteiger partial charge is 0.481 e. The fraction of sp³-hybridized carbons (Fsp3) is 0.600. The molecule has 0 saturated heterocycles. The van der Waals surface area contributed by atoms with Gasteiger partial charge in [0, 0.05) is 6.42 Å². The van der Waals surface area contributed by atoms with Crippen molar-refractivity contribution < 1.29 is 14.7 Å². The molecule has 20 heavy (non-hydrogen) atoms. The number of Topliss-reactive ketones (excluding diaryl/α,β-unsaturated/α-hetero) is 1. The summed E-state index contributed by atoms with van der Waals surface area (Å²) in [6.07, 6.45) is 6.53. The molecule has 0 spiro atoms. The fourth-order valence-corrected chi connectivity index (χ4v) is 3.88. The lowest BCUT2D eigenvalue weighted by atomic mass is 9.81. The van der Waals surface area contributed by atoms with Gasteiger partial charge < -0.3 is 5.11 Å². The van der Waals surface area contributed by atoms with Crippen LogP contribution in [0.2, 0.25) is 4.34 Å². The van der Waals surface area contributed by atoms with E-state index in [2.05, 4.69) is 0 Å². The van der Waals surface area contributed by atoms with E-state index in [0.717, 1.165) is 12.8 Å². The number of carboxylic acids is 1. The van der Waals surface area contributed by atoms with Crippen LogP contribution >= 0.6 is 22.9 Å². The average molecular weight is 315 g/mol. The molecular formula is C15H19ClO3S. The summed E-state index contributed by atoms with van der Waals surface area (Å²) < 4.78 is 0.563. The molecule has 0 aromatic carbocycles. The van der Waals surface area contributed by atoms with Crippen molar-refractivity contribution in [3.63, 3.8) is 0 Å². The van der Waals surface area contributed by atoms with E-state index in [1.165, 1.54) is 30.6 Å². The number of ketones is 1. The van der Waals surface area contributed by atoms with Crippen LogP contribution < -0.4 is 0 Å². The van der Waals surface area contributed by atoms with Crippen molar-refractivity contribution in [1.29, 1.82) is 0 Å². The van der Waals surface area contributed by atoms with Crippen LogP contribution in [-0.4, -0.2) is 16.9 Å². The maximum absolute atomic E-state index is 12.1. The van der Waals surface area contributed by atoms with E-state index in [9.17, 15) is 14.7 Å². The number of hydrogen-bond donors (Lipinski definition) is 1. The van der Waals surface area contributed by atoms with Crippen LogP contribution in [0.4, 0.5) is 0 Å². The summed E-state index contributed by atoms with van der Waals surface area (Å²) in [5, 5.41) is 9.33. The minimum absolute atomic E-state index is 0.0860. The van der Waals surface area contributed by atoms with Crippen LogP contribution in [0, 0.1) is 11.8 Å². The molecule has 110 valence electrons. The zero-order valence-corrected chi connectivity index (χ0v) is 12.9. The molecule has 1 aliphatic rings. The number of hydrogen-bond acceptors (Lipinski definition) is 3. The van der Waals surface area contributed by atoms with Crippen LogP contribution in [-0.2, 0) is 4.79 Å². The van der Waals surface area contributed by atoms with Crippen LogP contribution in [0.1, 0.15) is 54.6 Å². The van der Waals surface area contributed by atoms with Crippen LogP contribution in [0.15, 0.2) is 12.1 Å². The Labute approximate surface area is 128 Å². The Morgan fingerprint density at radius 3 is 2.55 bits per heavy atom. The van der Waals surface area contributed by atoms with E-state index in [4.69, 9.17) is 11.6 Å². The number of rotatable bonds is 6. The van der Waals surface area contributed by atoms with Gasteiger partial charge in [-0.25, -0.2) is 0 Å². The summed E-state index contributed by atoms with van der Waals surface area (Å²) in [7, 11) is 0. The fourth-order valence-electron chi connectivity index (χ4n) is 2.89. The summed E-state index contributed by atoms with van der Waals surface area (Å²) in [4.78, 5) is 24.0. The highest BCUT2D eigenvalue weighted by atomic mass is 35.5. The summed E-state index contributed by atoms with van der Waals surface area (Å²) in [5.74, 6) is -1.06. The molecule has 1 unspecified atom stereocenters. The molecule has 1 aromatic rings. The number of carbonyl (C=O) groups is 2. The number of carboxylic acid groups (broad SMARTS) is 1.